The van der Waals surface area contributed by atoms with Crippen LogP contribution in [0.15, 0.2) is 65.0 Å². The molecule has 1 aliphatic carbocycles. The molecule has 152 valence electrons. The molecular formula is C22H18ClFN4OS. The second kappa shape index (κ2) is 7.89. The Balaban J connectivity index is 1.50. The summed E-state index contributed by atoms with van der Waals surface area (Å²) >= 11 is 7.51. The Kier molecular flexibility index (Phi) is 5.08. The summed E-state index contributed by atoms with van der Waals surface area (Å²) < 4.78 is 15.2. The number of thioether (sulfide) groups is 1. The molecule has 0 saturated heterocycles. The molecule has 1 atom stereocenters. The molecule has 1 N–H and O–H groups in total. The van der Waals surface area contributed by atoms with Gasteiger partial charge in [0.05, 0.1) is 0 Å². The summed E-state index contributed by atoms with van der Waals surface area (Å²) in [6.07, 6.45) is 2.17. The molecule has 30 heavy (non-hydrogen) atoms. The fourth-order valence-corrected chi connectivity index (χ4v) is 4.82. The lowest BCUT2D eigenvalue weighted by atomic mass is 9.85. The molecule has 0 amide bonds. The fraction of sp³-hybridized carbons (Fsp3) is 0.227. The van der Waals surface area contributed by atoms with Crippen LogP contribution in [0.4, 0.5) is 10.3 Å². The molecule has 3 aromatic rings. The molecule has 2 aromatic carbocycles. The van der Waals surface area contributed by atoms with E-state index in [1.54, 1.807) is 10.7 Å². The molecule has 5 nitrogen and oxygen atoms in total. The third kappa shape index (κ3) is 3.63. The van der Waals surface area contributed by atoms with Gasteiger partial charge in [0.2, 0.25) is 11.1 Å². The largest absolute Gasteiger partial charge is 0.328 e. The van der Waals surface area contributed by atoms with Crippen molar-refractivity contribution in [1.82, 2.24) is 14.8 Å². The molecule has 1 aliphatic heterocycles. The highest BCUT2D eigenvalue weighted by Gasteiger charge is 2.36. The van der Waals surface area contributed by atoms with Gasteiger partial charge in [0.25, 0.3) is 0 Å². The minimum absolute atomic E-state index is 0.138. The molecule has 2 heterocycles. The Hall–Kier alpha value is -2.64. The summed E-state index contributed by atoms with van der Waals surface area (Å²) in [6, 6.07) is 13.7. The van der Waals surface area contributed by atoms with Gasteiger partial charge in [-0.1, -0.05) is 47.6 Å². The first kappa shape index (κ1) is 19.3. The Morgan fingerprint density at radius 1 is 1.20 bits per heavy atom. The van der Waals surface area contributed by atoms with Crippen LogP contribution in [0.1, 0.15) is 36.4 Å². The molecule has 0 fully saturated rings. The summed E-state index contributed by atoms with van der Waals surface area (Å²) in [5.41, 5.74) is 3.48. The standard InChI is InChI=1S/C22H18ClFN4OS/c23-15-9-7-14(8-10-15)20-19-17(5-2-6-18(19)29)25-21-26-22(27-28(20)21)30-12-13-3-1-4-16(24)11-13/h1,3-4,7-11,20H,2,5-6,12H2,(H,25,26,27)/t20-/m1/s1. The van der Waals surface area contributed by atoms with Gasteiger partial charge in [-0.3, -0.25) is 4.79 Å². The summed E-state index contributed by atoms with van der Waals surface area (Å²) in [7, 11) is 0. The zero-order chi connectivity index (χ0) is 20.7. The van der Waals surface area contributed by atoms with Crippen molar-refractivity contribution in [2.24, 2.45) is 0 Å². The number of halogens is 2. The van der Waals surface area contributed by atoms with Crippen molar-refractivity contribution in [1.29, 1.82) is 0 Å². The Morgan fingerprint density at radius 3 is 2.83 bits per heavy atom. The topological polar surface area (TPSA) is 59.8 Å². The second-order valence-electron chi connectivity index (χ2n) is 7.33. The highest BCUT2D eigenvalue weighted by atomic mass is 35.5. The predicted octanol–water partition coefficient (Wildman–Crippen LogP) is 5.38. The van der Waals surface area contributed by atoms with E-state index in [0.29, 0.717) is 28.3 Å². The number of carbonyl (C=O) groups is 1. The summed E-state index contributed by atoms with van der Waals surface area (Å²) in [6.45, 7) is 0. The van der Waals surface area contributed by atoms with Crippen LogP contribution in [0.25, 0.3) is 0 Å². The van der Waals surface area contributed by atoms with Crippen molar-refractivity contribution in [3.63, 3.8) is 0 Å². The van der Waals surface area contributed by atoms with Crippen LogP contribution < -0.4 is 5.32 Å². The lowest BCUT2D eigenvalue weighted by Crippen LogP contribution is -2.31. The van der Waals surface area contributed by atoms with Gasteiger partial charge in [-0.2, -0.15) is 4.98 Å². The number of hydrogen-bond donors (Lipinski definition) is 1. The highest BCUT2D eigenvalue weighted by molar-refractivity contribution is 7.98. The van der Waals surface area contributed by atoms with Crippen molar-refractivity contribution in [2.75, 3.05) is 5.32 Å². The maximum Gasteiger partial charge on any atom is 0.227 e. The van der Waals surface area contributed by atoms with E-state index < -0.39 is 0 Å². The number of aromatic nitrogens is 3. The van der Waals surface area contributed by atoms with E-state index in [9.17, 15) is 9.18 Å². The third-order valence-corrected chi connectivity index (χ3v) is 6.45. The summed E-state index contributed by atoms with van der Waals surface area (Å²) in [5, 5.41) is 9.22. The normalized spacial score (nSPS) is 18.1. The quantitative estimate of drug-likeness (QED) is 0.551. The molecule has 0 unspecified atom stereocenters. The van der Waals surface area contributed by atoms with Crippen LogP contribution in [0, 0.1) is 5.82 Å². The molecule has 0 bridgehead atoms. The van der Waals surface area contributed by atoms with Gasteiger partial charge in [-0.05, 0) is 48.2 Å². The van der Waals surface area contributed by atoms with Crippen molar-refractivity contribution < 1.29 is 9.18 Å². The average molecular weight is 441 g/mol. The third-order valence-electron chi connectivity index (χ3n) is 5.29. The fourth-order valence-electron chi connectivity index (χ4n) is 3.93. The first-order valence-electron chi connectivity index (χ1n) is 9.71. The number of benzene rings is 2. The van der Waals surface area contributed by atoms with Crippen LogP contribution in [0.5, 0.6) is 0 Å². The predicted molar refractivity (Wildman–Crippen MR) is 115 cm³/mol. The lowest BCUT2D eigenvalue weighted by Gasteiger charge is -2.32. The minimum Gasteiger partial charge on any atom is -0.328 e. The van der Waals surface area contributed by atoms with Gasteiger partial charge >= 0.3 is 0 Å². The van der Waals surface area contributed by atoms with E-state index in [4.69, 9.17) is 11.6 Å². The molecule has 0 saturated carbocycles. The number of ketones is 1. The molecule has 5 rings (SSSR count). The highest BCUT2D eigenvalue weighted by Crippen LogP contribution is 2.40. The molecule has 2 aliphatic rings. The molecule has 0 radical (unpaired) electrons. The van der Waals surface area contributed by atoms with Gasteiger partial charge in [-0.15, -0.1) is 5.10 Å². The first-order valence-corrected chi connectivity index (χ1v) is 11.1. The molecule has 8 heteroatoms. The van der Waals surface area contributed by atoms with Crippen LogP contribution in [0.2, 0.25) is 5.02 Å². The van der Waals surface area contributed by atoms with Crippen LogP contribution in [-0.4, -0.2) is 20.5 Å². The van der Waals surface area contributed by atoms with Crippen molar-refractivity contribution in [3.8, 4) is 0 Å². The van der Waals surface area contributed by atoms with Gasteiger partial charge < -0.3 is 5.32 Å². The maximum absolute atomic E-state index is 13.5. The lowest BCUT2D eigenvalue weighted by molar-refractivity contribution is -0.116. The number of hydrogen-bond acceptors (Lipinski definition) is 5. The Bertz CT molecular complexity index is 1160. The van der Waals surface area contributed by atoms with Crippen molar-refractivity contribution in [2.45, 2.75) is 36.2 Å². The van der Waals surface area contributed by atoms with E-state index in [1.165, 1.54) is 23.9 Å². The number of fused-ring (bicyclic) bond motifs is 1. The first-order chi connectivity index (χ1) is 14.6. The summed E-state index contributed by atoms with van der Waals surface area (Å²) in [4.78, 5) is 17.4. The van der Waals surface area contributed by atoms with Crippen LogP contribution in [0.3, 0.4) is 0 Å². The van der Waals surface area contributed by atoms with Gasteiger partial charge in [0, 0.05) is 28.5 Å². The van der Waals surface area contributed by atoms with Crippen molar-refractivity contribution >= 4 is 35.1 Å². The number of nitrogens with one attached hydrogen (secondary N) is 1. The SMILES string of the molecule is O=C1CCCC2=C1[C@@H](c1ccc(Cl)cc1)n1nc(SCc3cccc(F)c3)nc1N2. The number of allylic oxidation sites excluding steroid dienone is 2. The van der Waals surface area contributed by atoms with E-state index in [2.05, 4.69) is 15.4 Å². The van der Waals surface area contributed by atoms with Crippen LogP contribution in [-0.2, 0) is 10.5 Å². The zero-order valence-corrected chi connectivity index (χ0v) is 17.5. The minimum atomic E-state index is -0.336. The molecule has 0 spiro atoms. The Morgan fingerprint density at radius 2 is 2.03 bits per heavy atom. The number of Topliss-reactive ketones (excluding diaryl/α,β-unsaturated/α-hetero) is 1. The monoisotopic (exact) mass is 440 g/mol. The zero-order valence-electron chi connectivity index (χ0n) is 15.9. The maximum atomic E-state index is 13.5. The molecule has 1 aromatic heterocycles. The van der Waals surface area contributed by atoms with Gasteiger partial charge in [0.1, 0.15) is 11.9 Å². The number of nitrogens with zero attached hydrogens (tertiary/aromatic N) is 3. The van der Waals surface area contributed by atoms with E-state index in [0.717, 1.165) is 35.2 Å². The van der Waals surface area contributed by atoms with Crippen molar-refractivity contribution in [3.05, 3.63) is 81.8 Å². The van der Waals surface area contributed by atoms with E-state index in [1.807, 2.05) is 30.3 Å². The molecular weight excluding hydrogens is 423 g/mol. The van der Waals surface area contributed by atoms with E-state index >= 15 is 0 Å². The van der Waals surface area contributed by atoms with E-state index in [-0.39, 0.29) is 17.6 Å². The summed E-state index contributed by atoms with van der Waals surface area (Å²) in [5.74, 6) is 1.05. The van der Waals surface area contributed by atoms with Crippen LogP contribution >= 0.6 is 23.4 Å². The van der Waals surface area contributed by atoms with Gasteiger partial charge in [-0.25, -0.2) is 9.07 Å². The average Bonchev–Trinajstić information content (AvgIpc) is 3.14. The smallest absolute Gasteiger partial charge is 0.227 e. The number of anilines is 1. The Labute approximate surface area is 182 Å². The van der Waals surface area contributed by atoms with Gasteiger partial charge in [0.15, 0.2) is 5.78 Å². The number of rotatable bonds is 4. The number of carbonyl (C=O) groups excluding carboxylic acids is 1. The second-order valence-corrected chi connectivity index (χ2v) is 8.71.